The van der Waals surface area contributed by atoms with Crippen molar-refractivity contribution in [3.8, 4) is 6.07 Å². The summed E-state index contributed by atoms with van der Waals surface area (Å²) in [6, 6.07) is 8.20. The number of benzene rings is 1. The van der Waals surface area contributed by atoms with Crippen molar-refractivity contribution in [2.45, 2.75) is 31.5 Å². The molecule has 2 N–H and O–H groups in total. The lowest BCUT2D eigenvalue weighted by atomic mass is 9.85. The average molecular weight is 314 g/mol. The first-order valence-electron chi connectivity index (χ1n) is 7.87. The molecular formula is C17H22N4O2. The molecule has 1 aromatic carbocycles. The highest BCUT2D eigenvalue weighted by atomic mass is 16.5. The molecule has 0 aliphatic carbocycles. The summed E-state index contributed by atoms with van der Waals surface area (Å²) in [4.78, 5) is 14.6. The van der Waals surface area contributed by atoms with Gasteiger partial charge in [-0.3, -0.25) is 15.0 Å². The van der Waals surface area contributed by atoms with Gasteiger partial charge in [-0.1, -0.05) is 6.07 Å². The zero-order chi connectivity index (χ0) is 16.4. The number of carbonyl (C=O) groups excluding carboxylic acids is 1. The van der Waals surface area contributed by atoms with E-state index in [4.69, 9.17) is 10.00 Å². The van der Waals surface area contributed by atoms with Gasteiger partial charge in [-0.2, -0.15) is 5.26 Å². The molecule has 0 radical (unpaired) electrons. The number of hydrogen-bond donors (Lipinski definition) is 2. The zero-order valence-corrected chi connectivity index (χ0v) is 13.6. The number of nitrogens with zero attached hydrogens (tertiary/aromatic N) is 2. The second-order valence-electron chi connectivity index (χ2n) is 6.36. The standard InChI is InChI=1S/C17H22N4O2/c1-17(15(23-2)10-19-17)16(22)20-14-4-3-13-11-21(8-6-18)7-5-12(13)9-14/h3-4,9,15,19H,5,7-8,10-11H2,1-2H3,(H,20,22)/t15-,17+/m0/s1. The lowest BCUT2D eigenvalue weighted by molar-refractivity contribution is -0.134. The molecule has 0 spiro atoms. The Morgan fingerprint density at radius 1 is 1.57 bits per heavy atom. The van der Waals surface area contributed by atoms with Crippen LogP contribution in [-0.4, -0.2) is 49.2 Å². The van der Waals surface area contributed by atoms with E-state index in [1.54, 1.807) is 7.11 Å². The highest BCUT2D eigenvalue weighted by Gasteiger charge is 2.49. The molecule has 0 saturated carbocycles. The fourth-order valence-electron chi connectivity index (χ4n) is 3.22. The van der Waals surface area contributed by atoms with Crippen LogP contribution < -0.4 is 10.6 Å². The number of fused-ring (bicyclic) bond motifs is 1. The Morgan fingerprint density at radius 3 is 3.04 bits per heavy atom. The molecule has 3 rings (SSSR count). The molecule has 0 bridgehead atoms. The summed E-state index contributed by atoms with van der Waals surface area (Å²) in [5, 5.41) is 14.9. The Morgan fingerprint density at radius 2 is 2.39 bits per heavy atom. The normalized spacial score (nSPS) is 26.7. The van der Waals surface area contributed by atoms with E-state index >= 15 is 0 Å². The molecule has 2 atom stereocenters. The Bertz CT molecular complexity index is 652. The van der Waals surface area contributed by atoms with Crippen LogP contribution in [-0.2, 0) is 22.5 Å². The molecule has 2 aliphatic rings. The molecule has 1 saturated heterocycles. The summed E-state index contributed by atoms with van der Waals surface area (Å²) >= 11 is 0. The number of nitriles is 1. The summed E-state index contributed by atoms with van der Waals surface area (Å²) in [6.07, 6.45) is 0.802. The quantitative estimate of drug-likeness (QED) is 0.807. The maximum atomic E-state index is 12.5. The third-order valence-corrected chi connectivity index (χ3v) is 4.90. The molecule has 6 heteroatoms. The summed E-state index contributed by atoms with van der Waals surface area (Å²) < 4.78 is 5.33. The van der Waals surface area contributed by atoms with Crippen molar-refractivity contribution in [2.75, 3.05) is 32.1 Å². The molecule has 23 heavy (non-hydrogen) atoms. The van der Waals surface area contributed by atoms with Crippen LogP contribution in [0.2, 0.25) is 0 Å². The van der Waals surface area contributed by atoms with Crippen LogP contribution in [0.5, 0.6) is 0 Å². The maximum Gasteiger partial charge on any atom is 0.247 e. The van der Waals surface area contributed by atoms with Gasteiger partial charge in [0, 0.05) is 32.4 Å². The number of ether oxygens (including phenoxy) is 1. The smallest absolute Gasteiger partial charge is 0.247 e. The van der Waals surface area contributed by atoms with Crippen molar-refractivity contribution in [2.24, 2.45) is 0 Å². The predicted molar refractivity (Wildman–Crippen MR) is 86.9 cm³/mol. The number of hydrogen-bond acceptors (Lipinski definition) is 5. The summed E-state index contributed by atoms with van der Waals surface area (Å²) in [5.74, 6) is -0.0718. The van der Waals surface area contributed by atoms with Crippen LogP contribution in [0.3, 0.4) is 0 Å². The summed E-state index contributed by atoms with van der Waals surface area (Å²) in [6.45, 7) is 4.68. The molecule has 122 valence electrons. The number of methoxy groups -OCH3 is 1. The third kappa shape index (κ3) is 2.95. The molecule has 1 amide bonds. The largest absolute Gasteiger partial charge is 0.378 e. The molecule has 1 fully saturated rings. The van der Waals surface area contributed by atoms with E-state index < -0.39 is 5.54 Å². The van der Waals surface area contributed by atoms with Crippen LogP contribution in [0, 0.1) is 11.3 Å². The van der Waals surface area contributed by atoms with Gasteiger partial charge < -0.3 is 10.1 Å². The number of amides is 1. The number of nitrogens with one attached hydrogen (secondary N) is 2. The molecular weight excluding hydrogens is 292 g/mol. The number of anilines is 1. The highest BCUT2D eigenvalue weighted by molar-refractivity contribution is 5.99. The Labute approximate surface area is 136 Å². The van der Waals surface area contributed by atoms with E-state index in [2.05, 4.69) is 21.6 Å². The zero-order valence-electron chi connectivity index (χ0n) is 13.6. The van der Waals surface area contributed by atoms with Gasteiger partial charge in [-0.05, 0) is 36.6 Å². The van der Waals surface area contributed by atoms with E-state index in [0.717, 1.165) is 25.2 Å². The number of carbonyl (C=O) groups is 1. The summed E-state index contributed by atoms with van der Waals surface area (Å²) in [7, 11) is 1.63. The van der Waals surface area contributed by atoms with Crippen LogP contribution in [0.25, 0.3) is 0 Å². The van der Waals surface area contributed by atoms with Crippen LogP contribution in [0.1, 0.15) is 18.1 Å². The minimum absolute atomic E-state index is 0.0718. The fourth-order valence-corrected chi connectivity index (χ4v) is 3.22. The predicted octanol–water partition coefficient (Wildman–Crippen LogP) is 0.884. The van der Waals surface area contributed by atoms with Gasteiger partial charge in [0.15, 0.2) is 0 Å². The van der Waals surface area contributed by atoms with Crippen molar-refractivity contribution in [1.82, 2.24) is 10.2 Å². The Balaban J connectivity index is 1.69. The first-order valence-corrected chi connectivity index (χ1v) is 7.87. The van der Waals surface area contributed by atoms with E-state index in [0.29, 0.717) is 13.1 Å². The topological polar surface area (TPSA) is 77.4 Å². The van der Waals surface area contributed by atoms with E-state index in [-0.39, 0.29) is 12.0 Å². The van der Waals surface area contributed by atoms with Crippen molar-refractivity contribution < 1.29 is 9.53 Å². The van der Waals surface area contributed by atoms with Gasteiger partial charge in [0.1, 0.15) is 5.54 Å². The van der Waals surface area contributed by atoms with E-state index in [1.165, 1.54) is 11.1 Å². The van der Waals surface area contributed by atoms with Crippen LogP contribution >= 0.6 is 0 Å². The first-order chi connectivity index (χ1) is 11.1. The minimum atomic E-state index is -0.672. The number of rotatable bonds is 4. The van der Waals surface area contributed by atoms with Gasteiger partial charge in [-0.25, -0.2) is 0 Å². The van der Waals surface area contributed by atoms with Crippen LogP contribution in [0.4, 0.5) is 5.69 Å². The van der Waals surface area contributed by atoms with Gasteiger partial charge in [-0.15, -0.1) is 0 Å². The van der Waals surface area contributed by atoms with E-state index in [1.807, 2.05) is 25.1 Å². The van der Waals surface area contributed by atoms with Gasteiger partial charge in [0.25, 0.3) is 0 Å². The molecule has 6 nitrogen and oxygen atoms in total. The van der Waals surface area contributed by atoms with Gasteiger partial charge in [0.2, 0.25) is 5.91 Å². The fraction of sp³-hybridized carbons (Fsp3) is 0.529. The first kappa shape index (κ1) is 15.9. The van der Waals surface area contributed by atoms with Gasteiger partial charge in [0.05, 0.1) is 18.7 Å². The summed E-state index contributed by atoms with van der Waals surface area (Å²) in [5.41, 5.74) is 2.61. The minimum Gasteiger partial charge on any atom is -0.378 e. The second-order valence-corrected chi connectivity index (χ2v) is 6.36. The maximum absolute atomic E-state index is 12.5. The molecule has 0 unspecified atom stereocenters. The van der Waals surface area contributed by atoms with Crippen LogP contribution in [0.15, 0.2) is 18.2 Å². The lowest BCUT2D eigenvalue weighted by Crippen LogP contribution is -2.73. The molecule has 0 aromatic heterocycles. The second kappa shape index (κ2) is 6.28. The van der Waals surface area contributed by atoms with E-state index in [9.17, 15) is 4.79 Å². The molecule has 2 heterocycles. The molecule has 2 aliphatic heterocycles. The third-order valence-electron chi connectivity index (χ3n) is 4.90. The highest BCUT2D eigenvalue weighted by Crippen LogP contribution is 2.26. The SMILES string of the molecule is CO[C@H]1CN[C@@]1(C)C(=O)Nc1ccc2c(c1)CCN(CC#N)C2. The van der Waals surface area contributed by atoms with Crippen molar-refractivity contribution in [1.29, 1.82) is 5.26 Å². The van der Waals surface area contributed by atoms with Gasteiger partial charge >= 0.3 is 0 Å². The Kier molecular flexibility index (Phi) is 4.35. The molecule has 1 aromatic rings. The van der Waals surface area contributed by atoms with Crippen molar-refractivity contribution >= 4 is 11.6 Å². The average Bonchev–Trinajstić information content (AvgIpc) is 2.54. The lowest BCUT2D eigenvalue weighted by Gasteiger charge is -2.45. The van der Waals surface area contributed by atoms with Crippen molar-refractivity contribution in [3.63, 3.8) is 0 Å². The van der Waals surface area contributed by atoms with Crippen molar-refractivity contribution in [3.05, 3.63) is 29.3 Å². The Hall–Kier alpha value is -1.94. The monoisotopic (exact) mass is 314 g/mol.